The number of aromatic hydroxyl groups is 1. The van der Waals surface area contributed by atoms with Crippen LogP contribution in [0.2, 0.25) is 0 Å². The van der Waals surface area contributed by atoms with Crippen LogP contribution in [0.3, 0.4) is 0 Å². The van der Waals surface area contributed by atoms with Crippen LogP contribution in [-0.2, 0) is 6.54 Å². The molecule has 0 amide bonds. The number of allylic oxidation sites excluding steroid dienone is 1. The fourth-order valence-electron chi connectivity index (χ4n) is 2.56. The summed E-state index contributed by atoms with van der Waals surface area (Å²) in [5.74, 6) is 0.263. The quantitative estimate of drug-likeness (QED) is 0.707. The summed E-state index contributed by atoms with van der Waals surface area (Å²) in [5.41, 5.74) is 3.42. The van der Waals surface area contributed by atoms with Crippen LogP contribution in [0.5, 0.6) is 5.75 Å². The van der Waals surface area contributed by atoms with Crippen LogP contribution in [0.1, 0.15) is 27.2 Å². The molecule has 0 unspecified atom stereocenters. The molecule has 24 heavy (non-hydrogen) atoms. The predicted molar refractivity (Wildman–Crippen MR) is 96.2 cm³/mol. The molecule has 1 heterocycles. The third kappa shape index (κ3) is 3.63. The Kier molecular flexibility index (Phi) is 4.62. The van der Waals surface area contributed by atoms with Gasteiger partial charge in [-0.05, 0) is 36.8 Å². The highest BCUT2D eigenvalue weighted by Crippen LogP contribution is 2.14. The molecule has 3 rings (SSSR count). The first-order valence-corrected chi connectivity index (χ1v) is 7.85. The van der Waals surface area contributed by atoms with Gasteiger partial charge in [0.2, 0.25) is 5.78 Å². The van der Waals surface area contributed by atoms with Gasteiger partial charge in [-0.25, -0.2) is 0 Å². The van der Waals surface area contributed by atoms with Crippen molar-refractivity contribution in [3.8, 4) is 5.75 Å². The molecule has 1 N–H and O–H groups in total. The van der Waals surface area contributed by atoms with Crippen LogP contribution in [0.15, 0.2) is 72.9 Å². The highest BCUT2D eigenvalue weighted by molar-refractivity contribution is 6.08. The summed E-state index contributed by atoms with van der Waals surface area (Å²) < 4.78 is 1.92. The summed E-state index contributed by atoms with van der Waals surface area (Å²) in [4.78, 5) is 12.6. The van der Waals surface area contributed by atoms with E-state index >= 15 is 0 Å². The summed E-state index contributed by atoms with van der Waals surface area (Å²) in [5, 5.41) is 9.48. The third-order valence-corrected chi connectivity index (χ3v) is 3.86. The van der Waals surface area contributed by atoms with Crippen LogP contribution >= 0.6 is 0 Å². The van der Waals surface area contributed by atoms with Crippen molar-refractivity contribution in [2.75, 3.05) is 0 Å². The number of phenolic OH excluding ortho intramolecular Hbond substituents is 1. The summed E-state index contributed by atoms with van der Waals surface area (Å²) in [6.07, 6.45) is 5.80. The van der Waals surface area contributed by atoms with E-state index in [1.807, 2.05) is 72.3 Å². The first kappa shape index (κ1) is 15.8. The van der Waals surface area contributed by atoms with Crippen LogP contribution < -0.4 is 0 Å². The van der Waals surface area contributed by atoms with E-state index in [0.717, 1.165) is 11.1 Å². The van der Waals surface area contributed by atoms with Gasteiger partial charge in [-0.2, -0.15) is 0 Å². The van der Waals surface area contributed by atoms with E-state index in [2.05, 4.69) is 0 Å². The van der Waals surface area contributed by atoms with Gasteiger partial charge in [0.15, 0.2) is 0 Å². The number of aryl methyl sites for hydroxylation is 1. The van der Waals surface area contributed by atoms with Crippen LogP contribution in [-0.4, -0.2) is 15.5 Å². The average Bonchev–Trinajstić information content (AvgIpc) is 3.03. The van der Waals surface area contributed by atoms with E-state index in [0.29, 0.717) is 17.8 Å². The standard InChI is InChI=1S/C21H19NO2/c1-16-9-11-18(12-10-16)21(24)20-8-4-14-22(20)13-3-6-17-5-2-7-19(23)15-17/h2-12,14-15,23H,13H2,1H3. The number of hydrogen-bond donors (Lipinski definition) is 1. The van der Waals surface area contributed by atoms with Crippen LogP contribution in [0.4, 0.5) is 0 Å². The molecular weight excluding hydrogens is 298 g/mol. The van der Waals surface area contributed by atoms with E-state index < -0.39 is 0 Å². The van der Waals surface area contributed by atoms with Gasteiger partial charge in [-0.1, -0.05) is 54.1 Å². The van der Waals surface area contributed by atoms with Crippen molar-refractivity contribution in [1.82, 2.24) is 4.57 Å². The molecule has 3 aromatic rings. The molecule has 0 aliphatic carbocycles. The van der Waals surface area contributed by atoms with E-state index in [9.17, 15) is 9.90 Å². The Hall–Kier alpha value is -3.07. The van der Waals surface area contributed by atoms with Crippen LogP contribution in [0, 0.1) is 6.92 Å². The number of rotatable bonds is 5. The van der Waals surface area contributed by atoms with Gasteiger partial charge in [0.25, 0.3) is 0 Å². The predicted octanol–water partition coefficient (Wildman–Crippen LogP) is 4.45. The van der Waals surface area contributed by atoms with Crippen molar-refractivity contribution >= 4 is 11.9 Å². The minimum absolute atomic E-state index is 0.0192. The molecule has 1 aromatic heterocycles. The molecule has 0 saturated carbocycles. The molecule has 2 aromatic carbocycles. The van der Waals surface area contributed by atoms with Crippen molar-refractivity contribution in [1.29, 1.82) is 0 Å². The topological polar surface area (TPSA) is 42.2 Å². The van der Waals surface area contributed by atoms with E-state index in [1.165, 1.54) is 0 Å². The molecule has 120 valence electrons. The lowest BCUT2D eigenvalue weighted by Crippen LogP contribution is -2.09. The molecule has 0 radical (unpaired) electrons. The molecule has 0 spiro atoms. The van der Waals surface area contributed by atoms with Crippen molar-refractivity contribution in [3.05, 3.63) is 95.3 Å². The fourth-order valence-corrected chi connectivity index (χ4v) is 2.56. The zero-order valence-electron chi connectivity index (χ0n) is 13.5. The lowest BCUT2D eigenvalue weighted by molar-refractivity contribution is 0.103. The second-order valence-electron chi connectivity index (χ2n) is 5.74. The molecule has 0 aliphatic rings. The van der Waals surface area contributed by atoms with E-state index in [1.54, 1.807) is 18.2 Å². The van der Waals surface area contributed by atoms with Crippen LogP contribution in [0.25, 0.3) is 6.08 Å². The second-order valence-corrected chi connectivity index (χ2v) is 5.74. The molecule has 0 bridgehead atoms. The maximum Gasteiger partial charge on any atom is 0.209 e. The Morgan fingerprint density at radius 3 is 2.62 bits per heavy atom. The van der Waals surface area contributed by atoms with Crippen molar-refractivity contribution in [2.24, 2.45) is 0 Å². The molecule has 0 atom stereocenters. The summed E-state index contributed by atoms with van der Waals surface area (Å²) in [6, 6.07) is 18.4. The Morgan fingerprint density at radius 1 is 1.08 bits per heavy atom. The Balaban J connectivity index is 1.75. The monoisotopic (exact) mass is 317 g/mol. The van der Waals surface area contributed by atoms with Crippen molar-refractivity contribution in [2.45, 2.75) is 13.5 Å². The van der Waals surface area contributed by atoms with Gasteiger partial charge in [-0.3, -0.25) is 4.79 Å². The molecule has 3 nitrogen and oxygen atoms in total. The molecule has 0 saturated heterocycles. The summed E-state index contributed by atoms with van der Waals surface area (Å²) in [7, 11) is 0. The fraction of sp³-hybridized carbons (Fsp3) is 0.0952. The maximum atomic E-state index is 12.6. The maximum absolute atomic E-state index is 12.6. The third-order valence-electron chi connectivity index (χ3n) is 3.86. The van der Waals surface area contributed by atoms with Gasteiger partial charge in [-0.15, -0.1) is 0 Å². The lowest BCUT2D eigenvalue weighted by Gasteiger charge is -2.06. The number of ketones is 1. The summed E-state index contributed by atoms with van der Waals surface area (Å²) >= 11 is 0. The Morgan fingerprint density at radius 2 is 1.88 bits per heavy atom. The first-order valence-electron chi connectivity index (χ1n) is 7.85. The number of carbonyl (C=O) groups is 1. The number of benzene rings is 2. The zero-order valence-corrected chi connectivity index (χ0v) is 13.5. The molecular formula is C21H19NO2. The average molecular weight is 317 g/mol. The number of phenols is 1. The van der Waals surface area contributed by atoms with Gasteiger partial charge < -0.3 is 9.67 Å². The van der Waals surface area contributed by atoms with Gasteiger partial charge in [0, 0.05) is 18.3 Å². The number of hydrogen-bond acceptors (Lipinski definition) is 2. The number of nitrogens with zero attached hydrogens (tertiary/aromatic N) is 1. The largest absolute Gasteiger partial charge is 0.508 e. The number of carbonyl (C=O) groups excluding carboxylic acids is 1. The van der Waals surface area contributed by atoms with Gasteiger partial charge >= 0.3 is 0 Å². The first-order chi connectivity index (χ1) is 11.6. The molecule has 3 heteroatoms. The van der Waals surface area contributed by atoms with Gasteiger partial charge in [0.1, 0.15) is 5.75 Å². The van der Waals surface area contributed by atoms with E-state index in [-0.39, 0.29) is 11.5 Å². The minimum Gasteiger partial charge on any atom is -0.508 e. The van der Waals surface area contributed by atoms with Gasteiger partial charge in [0.05, 0.1) is 5.69 Å². The molecule has 0 aliphatic heterocycles. The lowest BCUT2D eigenvalue weighted by atomic mass is 10.1. The summed E-state index contributed by atoms with van der Waals surface area (Å²) in [6.45, 7) is 2.60. The smallest absolute Gasteiger partial charge is 0.209 e. The normalized spacial score (nSPS) is 11.0. The Bertz CT molecular complexity index is 873. The zero-order chi connectivity index (χ0) is 16.9. The van der Waals surface area contributed by atoms with E-state index in [4.69, 9.17) is 0 Å². The second kappa shape index (κ2) is 7.01. The Labute approximate surface area is 141 Å². The highest BCUT2D eigenvalue weighted by Gasteiger charge is 2.12. The molecule has 0 fully saturated rings. The van der Waals surface area contributed by atoms with Crippen molar-refractivity contribution < 1.29 is 9.90 Å². The number of aromatic nitrogens is 1. The minimum atomic E-state index is 0.0192. The van der Waals surface area contributed by atoms with Crippen molar-refractivity contribution in [3.63, 3.8) is 0 Å². The highest BCUT2D eigenvalue weighted by atomic mass is 16.3. The SMILES string of the molecule is Cc1ccc(C(=O)c2cccn2CC=Cc2cccc(O)c2)cc1.